The molecule has 2 atom stereocenters. The van der Waals surface area contributed by atoms with Crippen LogP contribution in [0.25, 0.3) is 0 Å². The lowest BCUT2D eigenvalue weighted by Crippen LogP contribution is -2.03. The molecule has 176 valence electrons. The van der Waals surface area contributed by atoms with Crippen molar-refractivity contribution in [3.63, 3.8) is 0 Å². The minimum Gasteiger partial charge on any atom is -0.0654 e. The lowest BCUT2D eigenvalue weighted by molar-refractivity contribution is 0.356. The van der Waals surface area contributed by atoms with Gasteiger partial charge in [-0.3, -0.25) is 0 Å². The van der Waals surface area contributed by atoms with Crippen molar-refractivity contribution >= 4 is 0 Å². The summed E-state index contributed by atoms with van der Waals surface area (Å²) in [6.07, 6.45) is 33.7. The van der Waals surface area contributed by atoms with Gasteiger partial charge in [0.1, 0.15) is 0 Å². The number of hydrogen-bond acceptors (Lipinski definition) is 0. The molecule has 0 aromatic heterocycles. The first kappa shape index (κ1) is 29.0. The summed E-state index contributed by atoms with van der Waals surface area (Å²) < 4.78 is 0. The third-order valence-electron chi connectivity index (χ3n) is 6.91. The highest BCUT2D eigenvalue weighted by molar-refractivity contribution is 4.61. The molecule has 0 rings (SSSR count). The van der Waals surface area contributed by atoms with Crippen LogP contribution in [0, 0.1) is 11.8 Å². The molecule has 0 saturated heterocycles. The minimum atomic E-state index is 0.946. The summed E-state index contributed by atoms with van der Waals surface area (Å²) in [5.74, 6) is 1.89. The van der Waals surface area contributed by atoms with Crippen LogP contribution >= 0.6 is 0 Å². The van der Waals surface area contributed by atoms with E-state index in [1.165, 1.54) is 148 Å². The zero-order chi connectivity index (χ0) is 21.4. The van der Waals surface area contributed by atoms with Crippen molar-refractivity contribution in [3.8, 4) is 0 Å². The van der Waals surface area contributed by atoms with Gasteiger partial charge in [0, 0.05) is 0 Å². The Morgan fingerprint density at radius 1 is 0.345 bits per heavy atom. The zero-order valence-electron chi connectivity index (χ0n) is 21.4. The molecule has 0 N–H and O–H groups in total. The Bertz CT molecular complexity index is 254. The topological polar surface area (TPSA) is 0 Å². The first-order valence-corrected chi connectivity index (χ1v) is 14.2. The second-order valence-corrected chi connectivity index (χ2v) is 10.4. The molecule has 0 fully saturated rings. The van der Waals surface area contributed by atoms with Crippen LogP contribution in [0.3, 0.4) is 0 Å². The molecular weight excluding hydrogens is 348 g/mol. The van der Waals surface area contributed by atoms with Gasteiger partial charge in [0.05, 0.1) is 0 Å². The third kappa shape index (κ3) is 24.1. The lowest BCUT2D eigenvalue weighted by atomic mass is 9.89. The van der Waals surface area contributed by atoms with Gasteiger partial charge in [-0.15, -0.1) is 0 Å². The molecule has 0 spiro atoms. The van der Waals surface area contributed by atoms with Crippen LogP contribution < -0.4 is 0 Å². The maximum absolute atomic E-state index is 2.50. The number of unbranched alkanes of at least 4 members (excludes halogenated alkanes) is 18. The van der Waals surface area contributed by atoms with Crippen LogP contribution in [0.5, 0.6) is 0 Å². The second kappa shape index (κ2) is 24.3. The summed E-state index contributed by atoms with van der Waals surface area (Å²) in [7, 11) is 0. The van der Waals surface area contributed by atoms with Gasteiger partial charge >= 0.3 is 0 Å². The average Bonchev–Trinajstić information content (AvgIpc) is 2.70. The molecule has 0 aliphatic rings. The van der Waals surface area contributed by atoms with Gasteiger partial charge in [-0.2, -0.15) is 0 Å². The summed E-state index contributed by atoms with van der Waals surface area (Å²) in [6, 6.07) is 0. The minimum absolute atomic E-state index is 0.946. The van der Waals surface area contributed by atoms with Crippen molar-refractivity contribution in [1.29, 1.82) is 0 Å². The fourth-order valence-electron chi connectivity index (χ4n) is 4.88. The summed E-state index contributed by atoms with van der Waals surface area (Å²) in [5.41, 5.74) is 0. The number of hydrogen-bond donors (Lipinski definition) is 0. The molecule has 0 heteroatoms. The maximum Gasteiger partial charge on any atom is -0.0440 e. The van der Waals surface area contributed by atoms with Crippen molar-refractivity contribution in [3.05, 3.63) is 0 Å². The van der Waals surface area contributed by atoms with Crippen LogP contribution in [0.2, 0.25) is 0 Å². The lowest BCUT2D eigenvalue weighted by Gasteiger charge is -2.17. The summed E-state index contributed by atoms with van der Waals surface area (Å²) in [6.45, 7) is 9.62. The van der Waals surface area contributed by atoms with Crippen molar-refractivity contribution in [2.75, 3.05) is 0 Å². The van der Waals surface area contributed by atoms with Gasteiger partial charge in [-0.1, -0.05) is 169 Å². The molecule has 0 bridgehead atoms. The first-order chi connectivity index (χ1) is 14.2. The molecule has 29 heavy (non-hydrogen) atoms. The third-order valence-corrected chi connectivity index (χ3v) is 6.91. The quantitative estimate of drug-likeness (QED) is 0.139. The molecule has 0 nitrogen and oxygen atoms in total. The van der Waals surface area contributed by atoms with Gasteiger partial charge in [-0.05, 0) is 18.3 Å². The van der Waals surface area contributed by atoms with Crippen molar-refractivity contribution < 1.29 is 0 Å². The molecule has 0 aliphatic carbocycles. The molecule has 0 aromatic carbocycles. The monoisotopic (exact) mass is 408 g/mol. The predicted molar refractivity (Wildman–Crippen MR) is 136 cm³/mol. The van der Waals surface area contributed by atoms with E-state index >= 15 is 0 Å². The van der Waals surface area contributed by atoms with E-state index in [0.717, 1.165) is 11.8 Å². The van der Waals surface area contributed by atoms with Crippen LogP contribution in [-0.2, 0) is 0 Å². The van der Waals surface area contributed by atoms with Crippen LogP contribution in [-0.4, -0.2) is 0 Å². The Morgan fingerprint density at radius 2 is 0.586 bits per heavy atom. The molecule has 2 unspecified atom stereocenters. The summed E-state index contributed by atoms with van der Waals surface area (Å²) in [5, 5.41) is 0. The normalized spacial score (nSPS) is 13.7. The van der Waals surface area contributed by atoms with Gasteiger partial charge < -0.3 is 0 Å². The van der Waals surface area contributed by atoms with E-state index in [1.54, 1.807) is 0 Å². The van der Waals surface area contributed by atoms with E-state index in [0.29, 0.717) is 0 Å². The zero-order valence-corrected chi connectivity index (χ0v) is 21.4. The van der Waals surface area contributed by atoms with Crippen molar-refractivity contribution in [2.45, 2.75) is 175 Å². The largest absolute Gasteiger partial charge is 0.0654 e. The van der Waals surface area contributed by atoms with E-state index in [4.69, 9.17) is 0 Å². The number of rotatable bonds is 24. The molecule has 0 heterocycles. The van der Waals surface area contributed by atoms with Crippen LogP contribution in [0.15, 0.2) is 0 Å². The van der Waals surface area contributed by atoms with E-state index in [1.807, 2.05) is 0 Å². The average molecular weight is 409 g/mol. The van der Waals surface area contributed by atoms with Crippen LogP contribution in [0.4, 0.5) is 0 Å². The fraction of sp³-hybridized carbons (Fsp3) is 1.00. The van der Waals surface area contributed by atoms with E-state index < -0.39 is 0 Å². The Labute approximate surface area is 187 Å². The van der Waals surface area contributed by atoms with E-state index in [2.05, 4.69) is 27.7 Å². The van der Waals surface area contributed by atoms with E-state index in [-0.39, 0.29) is 0 Å². The first-order valence-electron chi connectivity index (χ1n) is 14.2. The Morgan fingerprint density at radius 3 is 0.862 bits per heavy atom. The van der Waals surface area contributed by atoms with Gasteiger partial charge in [0.25, 0.3) is 0 Å². The summed E-state index contributed by atoms with van der Waals surface area (Å²) >= 11 is 0. The predicted octanol–water partition coefficient (Wildman–Crippen LogP) is 11.3. The molecule has 0 saturated carbocycles. The van der Waals surface area contributed by atoms with Crippen LogP contribution in [0.1, 0.15) is 175 Å². The highest BCUT2D eigenvalue weighted by Crippen LogP contribution is 2.23. The molecule has 0 aromatic rings. The Hall–Kier alpha value is 0. The highest BCUT2D eigenvalue weighted by atomic mass is 14.1. The smallest absolute Gasteiger partial charge is 0.0440 e. The Balaban J connectivity index is 3.29. The second-order valence-electron chi connectivity index (χ2n) is 10.4. The maximum atomic E-state index is 2.50. The Kier molecular flexibility index (Phi) is 24.3. The SMILES string of the molecule is CCCCCCCCCCCCC(C)CC(C)CCCCCCCCCCCC. The highest BCUT2D eigenvalue weighted by Gasteiger charge is 2.08. The van der Waals surface area contributed by atoms with E-state index in [9.17, 15) is 0 Å². The molecule has 0 amide bonds. The molecular formula is C29H60. The molecule has 0 aliphatic heterocycles. The fourth-order valence-corrected chi connectivity index (χ4v) is 4.88. The van der Waals surface area contributed by atoms with Crippen molar-refractivity contribution in [1.82, 2.24) is 0 Å². The van der Waals surface area contributed by atoms with Gasteiger partial charge in [0.15, 0.2) is 0 Å². The standard InChI is InChI=1S/C29H60/c1-5-7-9-11-13-15-17-19-21-23-25-28(3)27-29(4)26-24-22-20-18-16-14-12-10-8-6-2/h28-29H,5-27H2,1-4H3. The van der Waals surface area contributed by atoms with Gasteiger partial charge in [-0.25, -0.2) is 0 Å². The summed E-state index contributed by atoms with van der Waals surface area (Å²) in [4.78, 5) is 0. The van der Waals surface area contributed by atoms with Crippen molar-refractivity contribution in [2.24, 2.45) is 11.8 Å². The van der Waals surface area contributed by atoms with Gasteiger partial charge in [0.2, 0.25) is 0 Å². The molecule has 0 radical (unpaired) electrons.